The number of carbonyl (C=O) groups is 1. The van der Waals surface area contributed by atoms with E-state index in [2.05, 4.69) is 5.32 Å². The van der Waals surface area contributed by atoms with Crippen LogP contribution in [0.4, 0.5) is 0 Å². The normalized spacial score (nSPS) is 28.3. The average Bonchev–Trinajstić information content (AvgIpc) is 2.84. The molecule has 1 saturated carbocycles. The Balaban J connectivity index is 1.93. The summed E-state index contributed by atoms with van der Waals surface area (Å²) in [6.45, 7) is 2.50. The molecule has 2 rings (SSSR count). The van der Waals surface area contributed by atoms with Crippen molar-refractivity contribution in [1.82, 2.24) is 5.32 Å². The maximum atomic E-state index is 12.1. The summed E-state index contributed by atoms with van der Waals surface area (Å²) < 4.78 is 0.748. The van der Waals surface area contributed by atoms with Crippen LogP contribution in [-0.4, -0.2) is 11.9 Å². The van der Waals surface area contributed by atoms with Crippen LogP contribution in [0.15, 0.2) is 12.1 Å². The molecule has 0 aliphatic heterocycles. The van der Waals surface area contributed by atoms with Gasteiger partial charge in [-0.05, 0) is 31.9 Å². The molecule has 3 N–H and O–H groups in total. The van der Waals surface area contributed by atoms with Crippen LogP contribution in [0.1, 0.15) is 31.1 Å². The van der Waals surface area contributed by atoms with Crippen LogP contribution in [0.25, 0.3) is 0 Å². The summed E-state index contributed by atoms with van der Waals surface area (Å²) in [4.78, 5) is 13.2. The summed E-state index contributed by atoms with van der Waals surface area (Å²) in [5, 5.41) is 2.96. The van der Waals surface area contributed by atoms with Gasteiger partial charge in [0, 0.05) is 10.9 Å². The minimum Gasteiger partial charge on any atom is -0.351 e. The van der Waals surface area contributed by atoms with Crippen LogP contribution >= 0.6 is 22.9 Å². The van der Waals surface area contributed by atoms with Crippen molar-refractivity contribution >= 4 is 28.8 Å². The number of halogens is 1. The van der Waals surface area contributed by atoms with Gasteiger partial charge >= 0.3 is 0 Å². The summed E-state index contributed by atoms with van der Waals surface area (Å²) in [6, 6.07) is 3.76. The number of nitrogens with two attached hydrogens (primary N) is 1. The topological polar surface area (TPSA) is 55.1 Å². The SMILES string of the molecule is CC1(C(=O)NCc2ccc(Cl)s2)CCCC1N. The molecule has 0 spiro atoms. The Morgan fingerprint density at radius 1 is 1.71 bits per heavy atom. The first kappa shape index (κ1) is 12.9. The number of thiophene rings is 1. The Labute approximate surface area is 110 Å². The summed E-state index contributed by atoms with van der Waals surface area (Å²) in [7, 11) is 0. The first-order valence-electron chi connectivity index (χ1n) is 5.80. The number of rotatable bonds is 3. The van der Waals surface area contributed by atoms with E-state index >= 15 is 0 Å². The lowest BCUT2D eigenvalue weighted by molar-refractivity contribution is -0.130. The highest BCUT2D eigenvalue weighted by Crippen LogP contribution is 2.36. The molecule has 1 aromatic rings. The fourth-order valence-electron chi connectivity index (χ4n) is 2.29. The van der Waals surface area contributed by atoms with E-state index in [1.165, 1.54) is 11.3 Å². The van der Waals surface area contributed by atoms with Crippen molar-refractivity contribution in [3.8, 4) is 0 Å². The van der Waals surface area contributed by atoms with Crippen molar-refractivity contribution in [2.45, 2.75) is 38.8 Å². The van der Waals surface area contributed by atoms with Gasteiger partial charge in [-0.15, -0.1) is 11.3 Å². The molecule has 1 heterocycles. The maximum Gasteiger partial charge on any atom is 0.227 e. The van der Waals surface area contributed by atoms with E-state index < -0.39 is 5.41 Å². The van der Waals surface area contributed by atoms with Gasteiger partial charge in [-0.2, -0.15) is 0 Å². The second kappa shape index (κ2) is 4.96. The predicted molar refractivity (Wildman–Crippen MR) is 71.1 cm³/mol. The summed E-state index contributed by atoms with van der Waals surface area (Å²) in [6.07, 6.45) is 2.86. The molecule has 0 radical (unpaired) electrons. The van der Waals surface area contributed by atoms with Crippen LogP contribution in [0.3, 0.4) is 0 Å². The molecule has 1 aromatic heterocycles. The fraction of sp³-hybridized carbons (Fsp3) is 0.583. The van der Waals surface area contributed by atoms with Gasteiger partial charge in [0.05, 0.1) is 16.3 Å². The monoisotopic (exact) mass is 272 g/mol. The standard InChI is InChI=1S/C12H17ClN2OS/c1-12(6-2-3-9(12)14)11(16)15-7-8-4-5-10(13)17-8/h4-5,9H,2-3,6-7,14H2,1H3,(H,15,16). The lowest BCUT2D eigenvalue weighted by atomic mass is 9.84. The molecule has 1 aliphatic carbocycles. The highest BCUT2D eigenvalue weighted by molar-refractivity contribution is 7.16. The van der Waals surface area contributed by atoms with Crippen molar-refractivity contribution in [3.63, 3.8) is 0 Å². The molecule has 0 aromatic carbocycles. The Morgan fingerprint density at radius 3 is 3.00 bits per heavy atom. The van der Waals surface area contributed by atoms with Crippen LogP contribution in [0.5, 0.6) is 0 Å². The smallest absolute Gasteiger partial charge is 0.227 e. The summed E-state index contributed by atoms with van der Waals surface area (Å²) >= 11 is 7.33. The highest BCUT2D eigenvalue weighted by atomic mass is 35.5. The van der Waals surface area contributed by atoms with Gasteiger partial charge in [0.15, 0.2) is 0 Å². The van der Waals surface area contributed by atoms with E-state index in [-0.39, 0.29) is 11.9 Å². The van der Waals surface area contributed by atoms with Crippen LogP contribution in [0, 0.1) is 5.41 Å². The lowest BCUT2D eigenvalue weighted by Crippen LogP contribution is -2.47. The van der Waals surface area contributed by atoms with E-state index in [0.717, 1.165) is 28.5 Å². The third-order valence-electron chi connectivity index (χ3n) is 3.60. The maximum absolute atomic E-state index is 12.1. The van der Waals surface area contributed by atoms with Gasteiger partial charge < -0.3 is 11.1 Å². The molecule has 2 atom stereocenters. The van der Waals surface area contributed by atoms with E-state index in [0.29, 0.717) is 6.54 Å². The number of hydrogen-bond donors (Lipinski definition) is 2. The van der Waals surface area contributed by atoms with Gasteiger partial charge in [-0.25, -0.2) is 0 Å². The lowest BCUT2D eigenvalue weighted by Gasteiger charge is -2.27. The van der Waals surface area contributed by atoms with E-state index in [9.17, 15) is 4.79 Å². The molecule has 0 bridgehead atoms. The first-order valence-corrected chi connectivity index (χ1v) is 7.00. The minimum absolute atomic E-state index is 0.0191. The van der Waals surface area contributed by atoms with Crippen molar-refractivity contribution in [2.24, 2.45) is 11.1 Å². The van der Waals surface area contributed by atoms with Crippen molar-refractivity contribution in [3.05, 3.63) is 21.3 Å². The third-order valence-corrected chi connectivity index (χ3v) is 4.83. The van der Waals surface area contributed by atoms with Gasteiger partial charge in [0.2, 0.25) is 5.91 Å². The zero-order valence-electron chi connectivity index (χ0n) is 9.83. The Kier molecular flexibility index (Phi) is 3.76. The zero-order valence-corrected chi connectivity index (χ0v) is 11.4. The second-order valence-electron chi connectivity index (χ2n) is 4.80. The largest absolute Gasteiger partial charge is 0.351 e. The minimum atomic E-state index is -0.402. The molecular weight excluding hydrogens is 256 g/mol. The van der Waals surface area contributed by atoms with E-state index in [1.807, 2.05) is 19.1 Å². The number of hydrogen-bond acceptors (Lipinski definition) is 3. The van der Waals surface area contributed by atoms with Crippen LogP contribution < -0.4 is 11.1 Å². The van der Waals surface area contributed by atoms with Gasteiger partial charge in [0.1, 0.15) is 0 Å². The van der Waals surface area contributed by atoms with Gasteiger partial charge in [-0.3, -0.25) is 4.79 Å². The first-order chi connectivity index (χ1) is 8.02. The number of amides is 1. The number of carbonyl (C=O) groups excluding carboxylic acids is 1. The number of nitrogens with one attached hydrogen (secondary N) is 1. The van der Waals surface area contributed by atoms with Crippen LogP contribution in [0.2, 0.25) is 4.34 Å². The van der Waals surface area contributed by atoms with Gasteiger partial charge in [-0.1, -0.05) is 18.0 Å². The summed E-state index contributed by atoms with van der Waals surface area (Å²) in [5.41, 5.74) is 5.61. The van der Waals surface area contributed by atoms with Crippen molar-refractivity contribution in [2.75, 3.05) is 0 Å². The Morgan fingerprint density at radius 2 is 2.47 bits per heavy atom. The highest BCUT2D eigenvalue weighted by Gasteiger charge is 2.42. The van der Waals surface area contributed by atoms with Crippen LogP contribution in [-0.2, 0) is 11.3 Å². The van der Waals surface area contributed by atoms with Crippen molar-refractivity contribution < 1.29 is 4.79 Å². The van der Waals surface area contributed by atoms with E-state index in [4.69, 9.17) is 17.3 Å². The molecule has 1 amide bonds. The summed E-state index contributed by atoms with van der Waals surface area (Å²) in [5.74, 6) is 0.0621. The van der Waals surface area contributed by atoms with E-state index in [1.54, 1.807) is 0 Å². The second-order valence-corrected chi connectivity index (χ2v) is 6.60. The molecule has 2 unspecified atom stereocenters. The molecular formula is C12H17ClN2OS. The third kappa shape index (κ3) is 2.64. The molecule has 1 aliphatic rings. The Hall–Kier alpha value is -0.580. The quantitative estimate of drug-likeness (QED) is 0.888. The molecule has 0 saturated heterocycles. The molecule has 1 fully saturated rings. The zero-order chi connectivity index (χ0) is 12.5. The molecule has 3 nitrogen and oxygen atoms in total. The average molecular weight is 273 g/mol. The molecule has 17 heavy (non-hydrogen) atoms. The van der Waals surface area contributed by atoms with Gasteiger partial charge in [0.25, 0.3) is 0 Å². The Bertz CT molecular complexity index is 420. The fourth-order valence-corrected chi connectivity index (χ4v) is 3.32. The molecule has 5 heteroatoms. The molecule has 94 valence electrons. The van der Waals surface area contributed by atoms with Crippen molar-refractivity contribution in [1.29, 1.82) is 0 Å². The predicted octanol–water partition coefficient (Wildman–Crippen LogP) is 2.54.